The van der Waals surface area contributed by atoms with Crippen LogP contribution in [0.4, 0.5) is 10.1 Å². The van der Waals surface area contributed by atoms with Crippen LogP contribution in [0, 0.1) is 17.7 Å². The fourth-order valence-electron chi connectivity index (χ4n) is 3.17. The summed E-state index contributed by atoms with van der Waals surface area (Å²) in [5, 5.41) is 12.7. The number of para-hydroxylation sites is 1. The van der Waals surface area contributed by atoms with E-state index >= 15 is 0 Å². The van der Waals surface area contributed by atoms with E-state index in [9.17, 15) is 14.3 Å². The number of phenolic OH excluding ortho intramolecular Hbond substituents is 1. The number of ketones is 1. The van der Waals surface area contributed by atoms with Gasteiger partial charge >= 0.3 is 0 Å². The van der Waals surface area contributed by atoms with Crippen molar-refractivity contribution in [2.45, 2.75) is 27.7 Å². The van der Waals surface area contributed by atoms with Crippen molar-refractivity contribution in [3.8, 4) is 5.75 Å². The van der Waals surface area contributed by atoms with Crippen LogP contribution in [0.2, 0.25) is 0 Å². The molecule has 0 heterocycles. The number of hydrogen-bond acceptors (Lipinski definition) is 4. The Labute approximate surface area is 148 Å². The highest BCUT2D eigenvalue weighted by Gasteiger charge is 2.31. The molecule has 0 unspecified atom stereocenters. The summed E-state index contributed by atoms with van der Waals surface area (Å²) in [5.41, 5.74) is 9.26. The molecule has 0 bridgehead atoms. The Morgan fingerprint density at radius 1 is 1.28 bits per heavy atom. The minimum Gasteiger partial charge on any atom is -0.503 e. The fraction of sp³-hybridized carbons (Fsp3) is 0.350. The lowest BCUT2D eigenvalue weighted by molar-refractivity contribution is -0.120. The van der Waals surface area contributed by atoms with Crippen LogP contribution in [0.15, 0.2) is 53.8 Å². The second kappa shape index (κ2) is 8.62. The third-order valence-electron chi connectivity index (χ3n) is 4.12. The molecule has 136 valence electrons. The molecule has 0 amide bonds. The number of Topliss-reactive ketones (excluding diaryl/α,β-unsaturated/α-hetero) is 1. The highest BCUT2D eigenvalue weighted by atomic mass is 19.1. The number of halogens is 1. The van der Waals surface area contributed by atoms with E-state index in [1.165, 1.54) is 19.1 Å². The number of nitrogens with two attached hydrogens (primary N) is 1. The number of rotatable bonds is 8. The van der Waals surface area contributed by atoms with Gasteiger partial charge in [-0.1, -0.05) is 30.4 Å². The Morgan fingerprint density at radius 3 is 2.32 bits per heavy atom. The van der Waals surface area contributed by atoms with Crippen LogP contribution in [0.3, 0.4) is 0 Å². The van der Waals surface area contributed by atoms with Gasteiger partial charge in [0.2, 0.25) is 0 Å². The zero-order chi connectivity index (χ0) is 19.3. The smallest absolute Gasteiger partial charge is 0.175 e. The Balaban J connectivity index is 3.27. The molecule has 4 N–H and O–H groups in total. The van der Waals surface area contributed by atoms with Gasteiger partial charge in [-0.05, 0) is 45.4 Å². The average Bonchev–Trinajstić information content (AvgIpc) is 2.49. The molecule has 0 saturated heterocycles. The monoisotopic (exact) mass is 346 g/mol. The van der Waals surface area contributed by atoms with Crippen molar-refractivity contribution in [2.24, 2.45) is 17.6 Å². The summed E-state index contributed by atoms with van der Waals surface area (Å²) in [5.74, 6) is -2.33. The molecule has 0 radical (unpaired) electrons. The zero-order valence-corrected chi connectivity index (χ0v) is 15.3. The number of allylic oxidation sites excluding steroid dienone is 3. The van der Waals surface area contributed by atoms with E-state index in [0.29, 0.717) is 5.70 Å². The molecular formula is C20H27FN2O2. The molecule has 0 saturated carbocycles. The van der Waals surface area contributed by atoms with Gasteiger partial charge in [-0.3, -0.25) is 4.79 Å². The standard InChI is InChI=1S/C20H27FN2O2/c1-11(2)18(12(3)4)15(10-22)19(14(6)24)13(5)23-17-9-7-8-16(21)20(17)25/h7-9,15,19,23,25H,1,5,10,22H2,2-4,6H3/t15-,19+/m1/s1. The number of nitrogens with one attached hydrogen (secondary N) is 1. The van der Waals surface area contributed by atoms with Crippen LogP contribution in [-0.4, -0.2) is 17.4 Å². The maximum atomic E-state index is 13.5. The van der Waals surface area contributed by atoms with Gasteiger partial charge in [0.25, 0.3) is 0 Å². The highest BCUT2D eigenvalue weighted by Crippen LogP contribution is 2.34. The van der Waals surface area contributed by atoms with Gasteiger partial charge in [0.05, 0.1) is 11.6 Å². The van der Waals surface area contributed by atoms with E-state index in [4.69, 9.17) is 5.73 Å². The molecule has 0 aliphatic heterocycles. The molecule has 25 heavy (non-hydrogen) atoms. The molecule has 2 atom stereocenters. The quantitative estimate of drug-likeness (QED) is 0.488. The van der Waals surface area contributed by atoms with E-state index in [1.54, 1.807) is 0 Å². The maximum Gasteiger partial charge on any atom is 0.175 e. The maximum absolute atomic E-state index is 13.5. The summed E-state index contributed by atoms with van der Waals surface area (Å²) in [6, 6.07) is 4.12. The Hall–Kier alpha value is -2.40. The minimum atomic E-state index is -0.750. The summed E-state index contributed by atoms with van der Waals surface area (Å²) >= 11 is 0. The lowest BCUT2D eigenvalue weighted by Crippen LogP contribution is -2.34. The van der Waals surface area contributed by atoms with Gasteiger partial charge in [0.1, 0.15) is 5.78 Å². The number of benzene rings is 1. The first-order chi connectivity index (χ1) is 11.6. The molecular weight excluding hydrogens is 319 g/mol. The first-order valence-electron chi connectivity index (χ1n) is 8.08. The van der Waals surface area contributed by atoms with Crippen LogP contribution < -0.4 is 11.1 Å². The van der Waals surface area contributed by atoms with Crippen molar-refractivity contribution in [2.75, 3.05) is 11.9 Å². The van der Waals surface area contributed by atoms with Crippen LogP contribution in [0.1, 0.15) is 27.7 Å². The second-order valence-electron chi connectivity index (χ2n) is 6.41. The molecule has 0 aliphatic carbocycles. The summed E-state index contributed by atoms with van der Waals surface area (Å²) in [4.78, 5) is 12.3. The van der Waals surface area contributed by atoms with Crippen molar-refractivity contribution in [1.29, 1.82) is 0 Å². The lowest BCUT2D eigenvalue weighted by Gasteiger charge is -2.30. The topological polar surface area (TPSA) is 75.3 Å². The van der Waals surface area contributed by atoms with Crippen molar-refractivity contribution in [1.82, 2.24) is 0 Å². The number of aromatic hydroxyl groups is 1. The number of carbonyl (C=O) groups excluding carboxylic acids is 1. The number of phenols is 1. The predicted molar refractivity (Wildman–Crippen MR) is 101 cm³/mol. The van der Waals surface area contributed by atoms with E-state index in [1.807, 2.05) is 20.8 Å². The van der Waals surface area contributed by atoms with Crippen LogP contribution >= 0.6 is 0 Å². The molecule has 0 spiro atoms. The van der Waals surface area contributed by atoms with Gasteiger partial charge in [-0.15, -0.1) is 0 Å². The molecule has 1 aromatic carbocycles. The van der Waals surface area contributed by atoms with E-state index in [2.05, 4.69) is 18.5 Å². The van der Waals surface area contributed by atoms with E-state index in [-0.39, 0.29) is 23.9 Å². The van der Waals surface area contributed by atoms with Crippen molar-refractivity contribution in [3.05, 3.63) is 59.6 Å². The largest absolute Gasteiger partial charge is 0.503 e. The van der Waals surface area contributed by atoms with Crippen molar-refractivity contribution < 1.29 is 14.3 Å². The van der Waals surface area contributed by atoms with Gasteiger partial charge in [-0.2, -0.15) is 0 Å². The Bertz CT molecular complexity index is 718. The summed E-state index contributed by atoms with van der Waals surface area (Å²) in [6.45, 7) is 15.4. The van der Waals surface area contributed by atoms with Crippen molar-refractivity contribution in [3.63, 3.8) is 0 Å². The van der Waals surface area contributed by atoms with Gasteiger partial charge < -0.3 is 16.2 Å². The van der Waals surface area contributed by atoms with Crippen LogP contribution in [-0.2, 0) is 4.79 Å². The minimum absolute atomic E-state index is 0.121. The molecule has 1 aromatic rings. The molecule has 0 fully saturated rings. The fourth-order valence-corrected chi connectivity index (χ4v) is 3.17. The van der Waals surface area contributed by atoms with Gasteiger partial charge in [-0.25, -0.2) is 4.39 Å². The Kier molecular flexibility index (Phi) is 7.12. The SMILES string of the molecule is C=C(C)C(=C(C)C)[C@@H](CN)[C@@H](C(=C)Nc1cccc(F)c1O)C(C)=O. The molecule has 0 aromatic heterocycles. The summed E-state index contributed by atoms with van der Waals surface area (Å²) < 4.78 is 13.5. The highest BCUT2D eigenvalue weighted by molar-refractivity contribution is 5.83. The lowest BCUT2D eigenvalue weighted by atomic mass is 9.77. The second-order valence-corrected chi connectivity index (χ2v) is 6.41. The van der Waals surface area contributed by atoms with Crippen LogP contribution in [0.5, 0.6) is 5.75 Å². The number of carbonyl (C=O) groups is 1. The molecule has 1 rings (SSSR count). The van der Waals surface area contributed by atoms with Gasteiger partial charge in [0, 0.05) is 18.2 Å². The normalized spacial score (nSPS) is 12.9. The van der Waals surface area contributed by atoms with Gasteiger partial charge in [0.15, 0.2) is 11.6 Å². The third kappa shape index (κ3) is 4.79. The van der Waals surface area contributed by atoms with E-state index < -0.39 is 17.5 Å². The molecule has 5 heteroatoms. The Morgan fingerprint density at radius 2 is 1.88 bits per heavy atom. The number of hydrogen-bond donors (Lipinski definition) is 3. The van der Waals surface area contributed by atoms with Crippen LogP contribution in [0.25, 0.3) is 0 Å². The summed E-state index contributed by atoms with van der Waals surface area (Å²) in [6.07, 6.45) is 0. The van der Waals surface area contributed by atoms with E-state index in [0.717, 1.165) is 22.8 Å². The number of anilines is 1. The third-order valence-corrected chi connectivity index (χ3v) is 4.12. The first-order valence-corrected chi connectivity index (χ1v) is 8.08. The first kappa shape index (κ1) is 20.6. The average molecular weight is 346 g/mol. The summed E-state index contributed by atoms with van der Waals surface area (Å²) in [7, 11) is 0. The predicted octanol–water partition coefficient (Wildman–Crippen LogP) is 4.15. The van der Waals surface area contributed by atoms with Crippen molar-refractivity contribution >= 4 is 11.5 Å². The molecule has 0 aliphatic rings. The molecule has 4 nitrogen and oxygen atoms in total. The zero-order valence-electron chi connectivity index (χ0n) is 15.3.